The molecule has 0 bridgehead atoms. The number of carbonyl (C=O) groups is 1. The summed E-state index contributed by atoms with van der Waals surface area (Å²) in [5, 5.41) is 21.7. The number of carbonyl (C=O) groups excluding carboxylic acids is 1. The largest absolute Gasteiger partial charge is 0.455 e. The smallest absolute Gasteiger partial charge is 0.451 e. The number of furan rings is 1. The number of benzene rings is 3. The van der Waals surface area contributed by atoms with E-state index in [0.717, 1.165) is 18.4 Å². The van der Waals surface area contributed by atoms with Gasteiger partial charge in [0.2, 0.25) is 10.0 Å². The normalized spacial score (nSPS) is 13.4. The SMILES string of the molecule is CNC(=O)c1c(-c2ccc(F)cc2)oc2cc(CS(=O)(=O)Nc3ccc(CCB(O)O)c(Cl)c3)c(C3CC3)cc12. The number of anilines is 1. The van der Waals surface area contributed by atoms with Crippen LogP contribution >= 0.6 is 11.6 Å². The van der Waals surface area contributed by atoms with Crippen LogP contribution in [0.15, 0.2) is 59.0 Å². The Morgan fingerprint density at radius 2 is 1.82 bits per heavy atom. The van der Waals surface area contributed by atoms with Crippen LogP contribution in [-0.4, -0.2) is 38.5 Å². The highest BCUT2D eigenvalue weighted by molar-refractivity contribution is 7.91. The predicted molar refractivity (Wildman–Crippen MR) is 153 cm³/mol. The molecule has 40 heavy (non-hydrogen) atoms. The van der Waals surface area contributed by atoms with Gasteiger partial charge >= 0.3 is 7.12 Å². The van der Waals surface area contributed by atoms with Crippen LogP contribution in [0.3, 0.4) is 0 Å². The second-order valence-corrected chi connectivity index (χ2v) is 12.0. The lowest BCUT2D eigenvalue weighted by Gasteiger charge is -2.13. The molecule has 1 saturated carbocycles. The van der Waals surface area contributed by atoms with Crippen LogP contribution in [0.2, 0.25) is 11.3 Å². The standard InChI is InChI=1S/C28H27BClFN2O6S/c1-32-28(34)26-23-14-22(16-2-3-16)19(12-25(23)39-27(26)18-4-7-20(31)8-5-18)15-40(37,38)33-21-9-6-17(24(30)13-21)10-11-29(35)36/h4-9,12-14,16,33,35-36H,2-3,10-11,15H2,1H3,(H,32,34). The van der Waals surface area contributed by atoms with Crippen molar-refractivity contribution in [3.8, 4) is 11.3 Å². The topological polar surface area (TPSA) is 129 Å². The van der Waals surface area contributed by atoms with Crippen LogP contribution in [-0.2, 0) is 22.2 Å². The van der Waals surface area contributed by atoms with E-state index in [1.54, 1.807) is 18.2 Å². The molecule has 3 aromatic carbocycles. The Morgan fingerprint density at radius 1 is 1.10 bits per heavy atom. The Bertz CT molecular complexity index is 1690. The first kappa shape index (κ1) is 28.2. The monoisotopic (exact) mass is 584 g/mol. The minimum atomic E-state index is -3.87. The average Bonchev–Trinajstić information content (AvgIpc) is 3.67. The Morgan fingerprint density at radius 3 is 2.45 bits per heavy atom. The lowest BCUT2D eigenvalue weighted by molar-refractivity contribution is 0.0964. The van der Waals surface area contributed by atoms with Gasteiger partial charge in [-0.3, -0.25) is 9.52 Å². The van der Waals surface area contributed by atoms with Gasteiger partial charge in [-0.2, -0.15) is 0 Å². The van der Waals surface area contributed by atoms with Gasteiger partial charge < -0.3 is 19.8 Å². The molecule has 4 aromatic rings. The highest BCUT2D eigenvalue weighted by atomic mass is 35.5. The molecule has 8 nitrogen and oxygen atoms in total. The third-order valence-corrected chi connectivity index (χ3v) is 8.46. The number of nitrogens with one attached hydrogen (secondary N) is 2. The van der Waals surface area contributed by atoms with Crippen molar-refractivity contribution in [2.24, 2.45) is 0 Å². The summed E-state index contributed by atoms with van der Waals surface area (Å²) in [6.07, 6.45) is 2.25. The van der Waals surface area contributed by atoms with Gasteiger partial charge in [-0.1, -0.05) is 17.7 Å². The first-order valence-corrected chi connectivity index (χ1v) is 14.8. The van der Waals surface area contributed by atoms with Crippen LogP contribution in [0.25, 0.3) is 22.3 Å². The number of sulfonamides is 1. The van der Waals surface area contributed by atoms with Gasteiger partial charge in [0.25, 0.3) is 5.91 Å². The molecule has 12 heteroatoms. The molecule has 0 aliphatic heterocycles. The molecule has 1 fully saturated rings. The highest BCUT2D eigenvalue weighted by Crippen LogP contribution is 2.45. The van der Waals surface area contributed by atoms with Gasteiger partial charge in [-0.15, -0.1) is 0 Å². The fraction of sp³-hybridized carbons (Fsp3) is 0.250. The molecular formula is C28H27BClFN2O6S. The molecule has 1 heterocycles. The van der Waals surface area contributed by atoms with Gasteiger partial charge in [0.1, 0.15) is 17.2 Å². The van der Waals surface area contributed by atoms with Crippen LogP contribution in [0.4, 0.5) is 10.1 Å². The van der Waals surface area contributed by atoms with Crippen LogP contribution < -0.4 is 10.0 Å². The lowest BCUT2D eigenvalue weighted by Crippen LogP contribution is -2.18. The van der Waals surface area contributed by atoms with Crippen LogP contribution in [0, 0.1) is 5.82 Å². The molecule has 208 valence electrons. The van der Waals surface area contributed by atoms with Gasteiger partial charge in [-0.05, 0) is 96.7 Å². The summed E-state index contributed by atoms with van der Waals surface area (Å²) in [7, 11) is -3.82. The molecule has 0 saturated heterocycles. The number of rotatable bonds is 10. The Hall–Kier alpha value is -3.38. The van der Waals surface area contributed by atoms with E-state index in [9.17, 15) is 17.6 Å². The summed E-state index contributed by atoms with van der Waals surface area (Å²) < 4.78 is 48.7. The van der Waals surface area contributed by atoms with Gasteiger partial charge in [0, 0.05) is 28.7 Å². The summed E-state index contributed by atoms with van der Waals surface area (Å²) in [5.74, 6) is -0.662. The number of hydrogen-bond donors (Lipinski definition) is 4. The number of amides is 1. The van der Waals surface area contributed by atoms with Crippen molar-refractivity contribution in [1.29, 1.82) is 0 Å². The fourth-order valence-electron chi connectivity index (χ4n) is 4.77. The molecule has 1 aromatic heterocycles. The average molecular weight is 585 g/mol. The molecule has 5 rings (SSSR count). The number of fused-ring (bicyclic) bond motifs is 1. The summed E-state index contributed by atoms with van der Waals surface area (Å²) in [5.41, 5.74) is 3.53. The first-order valence-electron chi connectivity index (χ1n) is 12.8. The van der Waals surface area contributed by atoms with Crippen LogP contribution in [0.1, 0.15) is 45.8 Å². The molecule has 4 N–H and O–H groups in total. The van der Waals surface area contributed by atoms with Crippen molar-refractivity contribution < 1.29 is 32.1 Å². The summed E-state index contributed by atoms with van der Waals surface area (Å²) >= 11 is 6.29. The highest BCUT2D eigenvalue weighted by Gasteiger charge is 2.31. The summed E-state index contributed by atoms with van der Waals surface area (Å²) in [6.45, 7) is 0. The van der Waals surface area contributed by atoms with E-state index in [2.05, 4.69) is 10.0 Å². The van der Waals surface area contributed by atoms with Crippen LogP contribution in [0.5, 0.6) is 0 Å². The van der Waals surface area contributed by atoms with Crippen molar-refractivity contribution in [2.75, 3.05) is 11.8 Å². The van der Waals surface area contributed by atoms with Gasteiger partial charge in [0.15, 0.2) is 0 Å². The zero-order valence-corrected chi connectivity index (χ0v) is 23.2. The van der Waals surface area contributed by atoms with E-state index < -0.39 is 23.0 Å². The minimum absolute atomic E-state index is 0.106. The maximum atomic E-state index is 13.6. The summed E-state index contributed by atoms with van der Waals surface area (Å²) in [4.78, 5) is 12.9. The Kier molecular flexibility index (Phi) is 7.92. The van der Waals surface area contributed by atoms with E-state index in [1.165, 1.54) is 37.4 Å². The lowest BCUT2D eigenvalue weighted by atomic mass is 9.83. The molecule has 0 unspecified atom stereocenters. The quantitative estimate of drug-likeness (QED) is 0.192. The van der Waals surface area contributed by atoms with Crippen molar-refractivity contribution in [1.82, 2.24) is 5.32 Å². The van der Waals surface area contributed by atoms with Gasteiger partial charge in [0.05, 0.1) is 11.3 Å². The first-order chi connectivity index (χ1) is 19.0. The molecule has 0 spiro atoms. The maximum Gasteiger partial charge on any atom is 0.451 e. The Labute approximate surface area is 236 Å². The number of aryl methyl sites for hydroxylation is 1. The molecule has 1 amide bonds. The van der Waals surface area contributed by atoms with E-state index >= 15 is 0 Å². The third-order valence-electron chi connectivity index (χ3n) is 6.87. The van der Waals surface area contributed by atoms with Crippen molar-refractivity contribution in [3.05, 3.63) is 87.7 Å². The predicted octanol–water partition coefficient (Wildman–Crippen LogP) is 5.09. The van der Waals surface area contributed by atoms with Crippen molar-refractivity contribution in [3.63, 3.8) is 0 Å². The second-order valence-electron chi connectivity index (χ2n) is 9.90. The van der Waals surface area contributed by atoms with Crippen molar-refractivity contribution >= 4 is 51.3 Å². The van der Waals surface area contributed by atoms with Crippen molar-refractivity contribution in [2.45, 2.75) is 37.3 Å². The van der Waals surface area contributed by atoms with E-state index in [-0.39, 0.29) is 35.3 Å². The molecule has 1 aliphatic carbocycles. The maximum absolute atomic E-state index is 13.6. The zero-order chi connectivity index (χ0) is 28.6. The molecule has 0 radical (unpaired) electrons. The molecule has 0 atom stereocenters. The van der Waals surface area contributed by atoms with E-state index in [1.807, 2.05) is 6.07 Å². The van der Waals surface area contributed by atoms with E-state index in [0.29, 0.717) is 44.7 Å². The minimum Gasteiger partial charge on any atom is -0.455 e. The molecular weight excluding hydrogens is 558 g/mol. The summed E-state index contributed by atoms with van der Waals surface area (Å²) in [6, 6.07) is 13.8. The third kappa shape index (κ3) is 6.17. The Balaban J connectivity index is 1.49. The molecule has 1 aliphatic rings. The van der Waals surface area contributed by atoms with E-state index in [4.69, 9.17) is 26.1 Å². The second kappa shape index (κ2) is 11.2. The fourth-order valence-corrected chi connectivity index (χ4v) is 6.27. The zero-order valence-electron chi connectivity index (χ0n) is 21.6. The number of hydrogen-bond acceptors (Lipinski definition) is 6. The van der Waals surface area contributed by atoms with Gasteiger partial charge in [-0.25, -0.2) is 12.8 Å². The number of halogens is 2.